The van der Waals surface area contributed by atoms with Gasteiger partial charge in [-0.1, -0.05) is 12.1 Å². The molecule has 20 heavy (non-hydrogen) atoms. The number of hydrogen-bond donors (Lipinski definition) is 2. The maximum absolute atomic E-state index is 11.9. The average Bonchev–Trinajstić information content (AvgIpc) is 3.00. The minimum Gasteiger partial charge on any atom is -0.497 e. The van der Waals surface area contributed by atoms with Gasteiger partial charge in [-0.15, -0.1) is 0 Å². The van der Waals surface area contributed by atoms with E-state index in [2.05, 4.69) is 15.5 Å². The van der Waals surface area contributed by atoms with Crippen LogP contribution in [0.25, 0.3) is 0 Å². The largest absolute Gasteiger partial charge is 0.497 e. The summed E-state index contributed by atoms with van der Waals surface area (Å²) < 4.78 is 5.10. The summed E-state index contributed by atoms with van der Waals surface area (Å²) in [5, 5.41) is 9.56. The molecule has 0 saturated carbocycles. The van der Waals surface area contributed by atoms with Crippen molar-refractivity contribution in [1.82, 2.24) is 15.5 Å². The number of nitrogens with one attached hydrogen (secondary N) is 2. The number of carbonyl (C=O) groups is 1. The van der Waals surface area contributed by atoms with Gasteiger partial charge in [0.1, 0.15) is 5.75 Å². The SMILES string of the molecule is COc1ccc(CCC(=O)NC(C)c2cn[nH]c2)cc1. The molecule has 5 heteroatoms. The number of nitrogens with zero attached hydrogens (tertiary/aromatic N) is 1. The Balaban J connectivity index is 1.79. The molecule has 0 aliphatic heterocycles. The summed E-state index contributed by atoms with van der Waals surface area (Å²) in [6.07, 6.45) is 4.69. The number of rotatable bonds is 6. The smallest absolute Gasteiger partial charge is 0.220 e. The number of benzene rings is 1. The van der Waals surface area contributed by atoms with Crippen LogP contribution in [0.4, 0.5) is 0 Å². The number of aromatic amines is 1. The van der Waals surface area contributed by atoms with E-state index in [-0.39, 0.29) is 11.9 Å². The van der Waals surface area contributed by atoms with Crippen molar-refractivity contribution in [2.45, 2.75) is 25.8 Å². The highest BCUT2D eigenvalue weighted by Crippen LogP contribution is 2.13. The monoisotopic (exact) mass is 273 g/mol. The van der Waals surface area contributed by atoms with Crippen LogP contribution in [0.2, 0.25) is 0 Å². The maximum Gasteiger partial charge on any atom is 0.220 e. The number of carbonyl (C=O) groups excluding carboxylic acids is 1. The first-order chi connectivity index (χ1) is 9.69. The second-order valence-corrected chi connectivity index (χ2v) is 4.67. The lowest BCUT2D eigenvalue weighted by atomic mass is 10.1. The lowest BCUT2D eigenvalue weighted by Crippen LogP contribution is -2.26. The van der Waals surface area contributed by atoms with Gasteiger partial charge in [0, 0.05) is 18.2 Å². The van der Waals surface area contributed by atoms with E-state index in [4.69, 9.17) is 4.74 Å². The third-order valence-electron chi connectivity index (χ3n) is 3.20. The van der Waals surface area contributed by atoms with E-state index in [1.807, 2.05) is 31.2 Å². The Kier molecular flexibility index (Phi) is 4.76. The molecule has 0 spiro atoms. The summed E-state index contributed by atoms with van der Waals surface area (Å²) in [6.45, 7) is 1.94. The number of amides is 1. The second kappa shape index (κ2) is 6.75. The lowest BCUT2D eigenvalue weighted by Gasteiger charge is -2.12. The van der Waals surface area contributed by atoms with E-state index in [0.29, 0.717) is 12.8 Å². The van der Waals surface area contributed by atoms with E-state index in [1.165, 1.54) is 0 Å². The average molecular weight is 273 g/mol. The van der Waals surface area contributed by atoms with Crippen LogP contribution in [-0.2, 0) is 11.2 Å². The standard InChI is InChI=1S/C15H19N3O2/c1-11(13-9-16-17-10-13)18-15(19)8-5-12-3-6-14(20-2)7-4-12/h3-4,6-7,9-11H,5,8H2,1-2H3,(H,16,17)(H,18,19). The lowest BCUT2D eigenvalue weighted by molar-refractivity contribution is -0.121. The number of H-pyrrole nitrogens is 1. The van der Waals surface area contributed by atoms with E-state index < -0.39 is 0 Å². The molecule has 0 bridgehead atoms. The van der Waals surface area contributed by atoms with Crippen molar-refractivity contribution in [3.8, 4) is 5.75 Å². The normalized spacial score (nSPS) is 11.9. The molecule has 1 atom stereocenters. The summed E-state index contributed by atoms with van der Waals surface area (Å²) in [7, 11) is 1.64. The van der Waals surface area contributed by atoms with Crippen molar-refractivity contribution >= 4 is 5.91 Å². The van der Waals surface area contributed by atoms with E-state index in [1.54, 1.807) is 19.5 Å². The highest BCUT2D eigenvalue weighted by molar-refractivity contribution is 5.76. The van der Waals surface area contributed by atoms with Crippen molar-refractivity contribution < 1.29 is 9.53 Å². The van der Waals surface area contributed by atoms with Crippen LogP contribution in [0.5, 0.6) is 5.75 Å². The Morgan fingerprint density at radius 3 is 2.75 bits per heavy atom. The molecule has 1 heterocycles. The van der Waals surface area contributed by atoms with Crippen molar-refractivity contribution in [3.05, 3.63) is 47.8 Å². The molecule has 0 aliphatic rings. The second-order valence-electron chi connectivity index (χ2n) is 4.67. The Bertz CT molecular complexity index is 535. The van der Waals surface area contributed by atoms with Crippen LogP contribution in [-0.4, -0.2) is 23.2 Å². The van der Waals surface area contributed by atoms with Gasteiger partial charge in [0.15, 0.2) is 0 Å². The molecule has 106 valence electrons. The Labute approximate surface area is 118 Å². The predicted octanol–water partition coefficient (Wildman–Crippen LogP) is 2.23. The zero-order chi connectivity index (χ0) is 14.4. The van der Waals surface area contributed by atoms with Gasteiger partial charge in [0.05, 0.1) is 19.3 Å². The molecule has 0 radical (unpaired) electrons. The van der Waals surface area contributed by atoms with Gasteiger partial charge in [-0.2, -0.15) is 5.10 Å². The van der Waals surface area contributed by atoms with Crippen molar-refractivity contribution in [2.75, 3.05) is 7.11 Å². The summed E-state index contributed by atoms with van der Waals surface area (Å²) in [6, 6.07) is 7.73. The molecule has 2 rings (SSSR count). The van der Waals surface area contributed by atoms with E-state index >= 15 is 0 Å². The van der Waals surface area contributed by atoms with Gasteiger partial charge in [-0.25, -0.2) is 0 Å². The van der Waals surface area contributed by atoms with Crippen LogP contribution in [0, 0.1) is 0 Å². The molecule has 1 amide bonds. The van der Waals surface area contributed by atoms with Crippen LogP contribution in [0.3, 0.4) is 0 Å². The van der Waals surface area contributed by atoms with Gasteiger partial charge in [0.2, 0.25) is 5.91 Å². The van der Waals surface area contributed by atoms with Gasteiger partial charge in [-0.05, 0) is 31.0 Å². The number of aryl methyl sites for hydroxylation is 1. The Hall–Kier alpha value is -2.30. The third-order valence-corrected chi connectivity index (χ3v) is 3.20. The first kappa shape index (κ1) is 14.1. The molecule has 1 aromatic carbocycles. The van der Waals surface area contributed by atoms with E-state index in [0.717, 1.165) is 16.9 Å². The maximum atomic E-state index is 11.9. The molecule has 2 aromatic rings. The molecular weight excluding hydrogens is 254 g/mol. The van der Waals surface area contributed by atoms with Crippen LogP contribution in [0.15, 0.2) is 36.7 Å². The molecule has 0 saturated heterocycles. The predicted molar refractivity (Wildman–Crippen MR) is 76.5 cm³/mol. The summed E-state index contributed by atoms with van der Waals surface area (Å²) in [5.41, 5.74) is 2.10. The minimum atomic E-state index is -0.0304. The number of ether oxygens (including phenoxy) is 1. The number of hydrogen-bond acceptors (Lipinski definition) is 3. The Morgan fingerprint density at radius 2 is 2.15 bits per heavy atom. The van der Waals surface area contributed by atoms with E-state index in [9.17, 15) is 4.79 Å². The zero-order valence-electron chi connectivity index (χ0n) is 11.7. The molecular formula is C15H19N3O2. The van der Waals surface area contributed by atoms with Gasteiger partial charge in [-0.3, -0.25) is 9.89 Å². The molecule has 1 aromatic heterocycles. The molecule has 5 nitrogen and oxygen atoms in total. The Morgan fingerprint density at radius 1 is 1.40 bits per heavy atom. The molecule has 1 unspecified atom stereocenters. The molecule has 2 N–H and O–H groups in total. The van der Waals surface area contributed by atoms with Crippen LogP contribution >= 0.6 is 0 Å². The highest BCUT2D eigenvalue weighted by Gasteiger charge is 2.10. The summed E-state index contributed by atoms with van der Waals surface area (Å²) >= 11 is 0. The van der Waals surface area contributed by atoms with Crippen LogP contribution < -0.4 is 10.1 Å². The van der Waals surface area contributed by atoms with Crippen molar-refractivity contribution in [2.24, 2.45) is 0 Å². The first-order valence-electron chi connectivity index (χ1n) is 6.60. The quantitative estimate of drug-likeness (QED) is 0.848. The van der Waals surface area contributed by atoms with Gasteiger partial charge in [0.25, 0.3) is 0 Å². The number of methoxy groups -OCH3 is 1. The summed E-state index contributed by atoms with van der Waals surface area (Å²) in [5.74, 6) is 0.862. The minimum absolute atomic E-state index is 0.0304. The summed E-state index contributed by atoms with van der Waals surface area (Å²) in [4.78, 5) is 11.9. The molecule has 0 fully saturated rings. The third kappa shape index (κ3) is 3.85. The highest BCUT2D eigenvalue weighted by atomic mass is 16.5. The number of aromatic nitrogens is 2. The zero-order valence-corrected chi connectivity index (χ0v) is 11.7. The topological polar surface area (TPSA) is 67.0 Å². The van der Waals surface area contributed by atoms with Crippen LogP contribution in [0.1, 0.15) is 30.5 Å². The molecule has 0 aliphatic carbocycles. The fourth-order valence-electron chi connectivity index (χ4n) is 1.94. The van der Waals surface area contributed by atoms with Crippen molar-refractivity contribution in [3.63, 3.8) is 0 Å². The fourth-order valence-corrected chi connectivity index (χ4v) is 1.94. The first-order valence-corrected chi connectivity index (χ1v) is 6.60. The fraction of sp³-hybridized carbons (Fsp3) is 0.333. The van der Waals surface area contributed by atoms with Crippen molar-refractivity contribution in [1.29, 1.82) is 0 Å². The van der Waals surface area contributed by atoms with Gasteiger partial charge < -0.3 is 10.1 Å². The van der Waals surface area contributed by atoms with Gasteiger partial charge >= 0.3 is 0 Å².